The smallest absolute Gasteiger partial charge is 0.357 e. The van der Waals surface area contributed by atoms with Gasteiger partial charge in [-0.05, 0) is 19.8 Å². The molecule has 0 bridgehead atoms. The number of amides is 1. The minimum atomic E-state index is -4.18. The van der Waals surface area contributed by atoms with Gasteiger partial charge in [0.05, 0.1) is 6.54 Å². The molecule has 1 heterocycles. The Bertz CT molecular complexity index is 400. The topological polar surface area (TPSA) is 68.8 Å². The SMILES string of the molecule is CCCNC(=O)CN=C(NCC)NC1CCN(CC(F)(F)F)C1. The number of carbonyl (C=O) groups excluding carboxylic acids is 1. The fraction of sp³-hybridized carbons (Fsp3) is 0.857. The van der Waals surface area contributed by atoms with E-state index in [9.17, 15) is 18.0 Å². The van der Waals surface area contributed by atoms with Crippen molar-refractivity contribution in [3.05, 3.63) is 0 Å². The van der Waals surface area contributed by atoms with Gasteiger partial charge in [0.2, 0.25) is 5.91 Å². The van der Waals surface area contributed by atoms with Crippen LogP contribution in [0, 0.1) is 0 Å². The lowest BCUT2D eigenvalue weighted by molar-refractivity contribution is -0.143. The van der Waals surface area contributed by atoms with Crippen LogP contribution >= 0.6 is 0 Å². The van der Waals surface area contributed by atoms with Gasteiger partial charge in [-0.15, -0.1) is 0 Å². The third kappa shape index (κ3) is 8.63. The highest BCUT2D eigenvalue weighted by atomic mass is 19.4. The molecule has 1 unspecified atom stereocenters. The Balaban J connectivity index is 2.45. The van der Waals surface area contributed by atoms with Crippen molar-refractivity contribution in [1.29, 1.82) is 0 Å². The fourth-order valence-corrected chi connectivity index (χ4v) is 2.33. The second kappa shape index (κ2) is 9.59. The minimum absolute atomic E-state index is 0.00564. The van der Waals surface area contributed by atoms with Gasteiger partial charge in [0.15, 0.2) is 5.96 Å². The molecule has 0 aromatic heterocycles. The quantitative estimate of drug-likeness (QED) is 0.473. The van der Waals surface area contributed by atoms with Crippen LogP contribution in [0.3, 0.4) is 0 Å². The lowest BCUT2D eigenvalue weighted by Crippen LogP contribution is -2.45. The van der Waals surface area contributed by atoms with Crippen molar-refractivity contribution in [2.75, 3.05) is 39.3 Å². The molecular weight excluding hydrogens is 311 g/mol. The summed E-state index contributed by atoms with van der Waals surface area (Å²) in [6.07, 6.45) is -2.71. The van der Waals surface area contributed by atoms with Crippen molar-refractivity contribution < 1.29 is 18.0 Å². The normalized spacial score (nSPS) is 19.7. The van der Waals surface area contributed by atoms with Gasteiger partial charge in [-0.3, -0.25) is 9.69 Å². The van der Waals surface area contributed by atoms with Crippen LogP contribution in [0.1, 0.15) is 26.7 Å². The van der Waals surface area contributed by atoms with Gasteiger partial charge >= 0.3 is 6.18 Å². The van der Waals surface area contributed by atoms with Crippen LogP contribution in [0.25, 0.3) is 0 Å². The Morgan fingerprint density at radius 2 is 2.04 bits per heavy atom. The monoisotopic (exact) mass is 337 g/mol. The number of aliphatic imine (C=N–C) groups is 1. The Kier molecular flexibility index (Phi) is 8.15. The predicted octanol–water partition coefficient (Wildman–Crippen LogP) is 0.704. The van der Waals surface area contributed by atoms with Gasteiger partial charge in [-0.2, -0.15) is 13.2 Å². The molecule has 1 aliphatic heterocycles. The summed E-state index contributed by atoms with van der Waals surface area (Å²) in [5.41, 5.74) is 0. The lowest BCUT2D eigenvalue weighted by atomic mass is 10.3. The molecule has 6 nitrogen and oxygen atoms in total. The molecule has 0 aliphatic carbocycles. The molecule has 1 amide bonds. The molecule has 3 N–H and O–H groups in total. The van der Waals surface area contributed by atoms with E-state index in [1.54, 1.807) is 0 Å². The van der Waals surface area contributed by atoms with Crippen LogP contribution in [0.5, 0.6) is 0 Å². The van der Waals surface area contributed by atoms with E-state index in [0.29, 0.717) is 38.6 Å². The molecule has 9 heteroatoms. The molecule has 0 radical (unpaired) electrons. The van der Waals surface area contributed by atoms with Crippen molar-refractivity contribution >= 4 is 11.9 Å². The van der Waals surface area contributed by atoms with Gasteiger partial charge in [0.1, 0.15) is 6.54 Å². The van der Waals surface area contributed by atoms with Crippen molar-refractivity contribution in [1.82, 2.24) is 20.9 Å². The third-order valence-corrected chi connectivity index (χ3v) is 3.31. The maximum absolute atomic E-state index is 12.4. The summed E-state index contributed by atoms with van der Waals surface area (Å²) in [5.74, 6) is 0.284. The highest BCUT2D eigenvalue weighted by Crippen LogP contribution is 2.19. The van der Waals surface area contributed by atoms with Crippen LogP contribution in [0.2, 0.25) is 0 Å². The molecule has 0 saturated carbocycles. The third-order valence-electron chi connectivity index (χ3n) is 3.31. The number of guanidine groups is 1. The number of nitrogens with one attached hydrogen (secondary N) is 3. The number of alkyl halides is 3. The van der Waals surface area contributed by atoms with Gasteiger partial charge in [0, 0.05) is 32.2 Å². The van der Waals surface area contributed by atoms with Crippen molar-refractivity contribution in [3.63, 3.8) is 0 Å². The van der Waals surface area contributed by atoms with Crippen molar-refractivity contribution in [3.8, 4) is 0 Å². The van der Waals surface area contributed by atoms with E-state index in [1.807, 2.05) is 13.8 Å². The molecule has 23 heavy (non-hydrogen) atoms. The van der Waals surface area contributed by atoms with Crippen LogP contribution in [0.4, 0.5) is 13.2 Å². The number of likely N-dealkylation sites (tertiary alicyclic amines) is 1. The van der Waals surface area contributed by atoms with E-state index in [2.05, 4.69) is 20.9 Å². The summed E-state index contributed by atoms with van der Waals surface area (Å²) in [4.78, 5) is 17.1. The first-order chi connectivity index (χ1) is 10.8. The number of hydrogen-bond acceptors (Lipinski definition) is 3. The van der Waals surface area contributed by atoms with E-state index in [4.69, 9.17) is 0 Å². The number of halogens is 3. The molecule has 0 aromatic carbocycles. The maximum atomic E-state index is 12.4. The molecular formula is C14H26F3N5O. The summed E-state index contributed by atoms with van der Waals surface area (Å²) >= 11 is 0. The molecule has 1 aliphatic rings. The van der Waals surface area contributed by atoms with Crippen LogP contribution in [-0.4, -0.2) is 68.3 Å². The number of nitrogens with zero attached hydrogens (tertiary/aromatic N) is 2. The largest absolute Gasteiger partial charge is 0.401 e. The second-order valence-electron chi connectivity index (χ2n) is 5.53. The van der Waals surface area contributed by atoms with Crippen LogP contribution in [0.15, 0.2) is 4.99 Å². The zero-order valence-corrected chi connectivity index (χ0v) is 13.7. The Morgan fingerprint density at radius 1 is 1.30 bits per heavy atom. The fourth-order valence-electron chi connectivity index (χ4n) is 2.33. The highest BCUT2D eigenvalue weighted by Gasteiger charge is 2.34. The minimum Gasteiger partial charge on any atom is -0.357 e. The van der Waals surface area contributed by atoms with Crippen LogP contribution in [-0.2, 0) is 4.79 Å². The first-order valence-corrected chi connectivity index (χ1v) is 7.94. The standard InChI is InChI=1S/C14H26F3N5O/c1-3-6-19-12(23)8-20-13(18-4-2)21-11-5-7-22(9-11)10-14(15,16)17/h11H,3-10H2,1-2H3,(H,19,23)(H2,18,20,21). The molecule has 1 saturated heterocycles. The number of carbonyl (C=O) groups is 1. The zero-order valence-electron chi connectivity index (χ0n) is 13.7. The number of rotatable bonds is 7. The number of hydrogen-bond donors (Lipinski definition) is 3. The second-order valence-corrected chi connectivity index (χ2v) is 5.53. The van der Waals surface area contributed by atoms with Gasteiger partial charge in [-0.25, -0.2) is 4.99 Å². The molecule has 0 aromatic rings. The Labute approximate surface area is 134 Å². The molecule has 1 atom stereocenters. The average molecular weight is 337 g/mol. The zero-order chi connectivity index (χ0) is 17.3. The van der Waals surface area contributed by atoms with E-state index in [0.717, 1.165) is 6.42 Å². The van der Waals surface area contributed by atoms with E-state index >= 15 is 0 Å². The Morgan fingerprint density at radius 3 is 2.65 bits per heavy atom. The summed E-state index contributed by atoms with van der Waals surface area (Å²) in [6.45, 7) is 4.88. The van der Waals surface area contributed by atoms with E-state index in [1.165, 1.54) is 4.90 Å². The summed E-state index contributed by atoms with van der Waals surface area (Å²) in [6, 6.07) is -0.103. The summed E-state index contributed by atoms with van der Waals surface area (Å²) < 4.78 is 37.2. The van der Waals surface area contributed by atoms with Crippen molar-refractivity contribution in [2.24, 2.45) is 4.99 Å². The maximum Gasteiger partial charge on any atom is 0.401 e. The molecule has 0 spiro atoms. The predicted molar refractivity (Wildman–Crippen MR) is 83.3 cm³/mol. The van der Waals surface area contributed by atoms with Gasteiger partial charge < -0.3 is 16.0 Å². The molecule has 1 fully saturated rings. The average Bonchev–Trinajstić information content (AvgIpc) is 2.87. The lowest BCUT2D eigenvalue weighted by Gasteiger charge is -2.19. The molecule has 134 valence electrons. The van der Waals surface area contributed by atoms with Gasteiger partial charge in [-0.1, -0.05) is 6.92 Å². The molecule has 1 rings (SSSR count). The first-order valence-electron chi connectivity index (χ1n) is 7.94. The van der Waals surface area contributed by atoms with E-state index in [-0.39, 0.29) is 18.5 Å². The summed E-state index contributed by atoms with van der Waals surface area (Å²) in [7, 11) is 0. The van der Waals surface area contributed by atoms with Crippen LogP contribution < -0.4 is 16.0 Å². The highest BCUT2D eigenvalue weighted by molar-refractivity contribution is 5.85. The van der Waals surface area contributed by atoms with Crippen molar-refractivity contribution in [2.45, 2.75) is 38.9 Å². The summed E-state index contributed by atoms with van der Waals surface area (Å²) in [5, 5.41) is 8.82. The first kappa shape index (κ1) is 19.5. The van der Waals surface area contributed by atoms with Gasteiger partial charge in [0.25, 0.3) is 0 Å². The van der Waals surface area contributed by atoms with E-state index < -0.39 is 12.7 Å². The Hall–Kier alpha value is -1.51.